The number of carbonyl (C=O) groups is 5. The molecular weight excluding hydrogens is 805 g/mol. The standard InChI is InChI=1S/C35H27Br2ClFN3O8/c1-49-24-14-22(27(36)28(37)29(24)43)26-19-11-12-20-25(32(46)41(30(20)44)34(48)50-2)21(19)13-23-31(45)42(40-18-9-7-17(39)8-10-18)33(47)35(23,26)15-3-5-16(38)6-4-15/h3-11,14,20-21,23,25-26,40,43H,12-13H2,1-2H3. The van der Waals surface area contributed by atoms with Crippen LogP contribution in [0.3, 0.4) is 0 Å². The van der Waals surface area contributed by atoms with E-state index in [4.69, 9.17) is 21.1 Å². The van der Waals surface area contributed by atoms with E-state index >= 15 is 4.79 Å². The van der Waals surface area contributed by atoms with Crippen LogP contribution in [0.2, 0.25) is 5.02 Å². The first kappa shape index (κ1) is 34.2. The summed E-state index contributed by atoms with van der Waals surface area (Å²) in [5, 5.41) is 12.2. The van der Waals surface area contributed by atoms with Gasteiger partial charge in [-0.1, -0.05) is 35.4 Å². The summed E-state index contributed by atoms with van der Waals surface area (Å²) in [6, 6.07) is 13.3. The van der Waals surface area contributed by atoms with Gasteiger partial charge in [-0.2, -0.15) is 9.91 Å². The number of allylic oxidation sites excluding steroid dienone is 2. The first-order chi connectivity index (χ1) is 23.9. The third-order valence-corrected chi connectivity index (χ3v) is 12.7. The molecule has 3 aromatic rings. The van der Waals surface area contributed by atoms with E-state index in [0.717, 1.165) is 12.1 Å². The van der Waals surface area contributed by atoms with Gasteiger partial charge in [-0.15, -0.1) is 0 Å². The Labute approximate surface area is 306 Å². The van der Waals surface area contributed by atoms with Gasteiger partial charge in [0.25, 0.3) is 11.8 Å². The number of anilines is 1. The summed E-state index contributed by atoms with van der Waals surface area (Å²) in [4.78, 5) is 70.5. The number of imide groups is 4. The van der Waals surface area contributed by atoms with E-state index in [1.165, 1.54) is 31.4 Å². The van der Waals surface area contributed by atoms with Crippen molar-refractivity contribution in [2.75, 3.05) is 19.6 Å². The molecule has 1 saturated carbocycles. The third-order valence-electron chi connectivity index (χ3n) is 10.3. The minimum atomic E-state index is -1.68. The second-order valence-electron chi connectivity index (χ2n) is 12.5. The van der Waals surface area contributed by atoms with E-state index < -0.39 is 70.5 Å². The van der Waals surface area contributed by atoms with Crippen molar-refractivity contribution >= 4 is 78.9 Å². The maximum absolute atomic E-state index is 15.2. The van der Waals surface area contributed by atoms with E-state index in [1.54, 1.807) is 30.3 Å². The SMILES string of the molecule is COC(=O)N1C(=O)C2CC=C3C(CC4C(=O)N(Nc5ccc(F)cc5)C(=O)C4(c4ccc(Cl)cc4)C3c3cc(OC)c(O)c(Br)c3Br)C2C1=O. The first-order valence-electron chi connectivity index (χ1n) is 15.4. The number of hydrogen-bond acceptors (Lipinski definition) is 9. The van der Waals surface area contributed by atoms with Gasteiger partial charge in [0.1, 0.15) is 5.82 Å². The summed E-state index contributed by atoms with van der Waals surface area (Å²) in [5.41, 5.74) is 2.94. The van der Waals surface area contributed by atoms with Gasteiger partial charge < -0.3 is 14.6 Å². The minimum Gasteiger partial charge on any atom is -0.503 e. The molecule has 11 nitrogen and oxygen atoms in total. The van der Waals surface area contributed by atoms with E-state index in [1.807, 2.05) is 6.08 Å². The summed E-state index contributed by atoms with van der Waals surface area (Å²) >= 11 is 13.4. The molecule has 2 saturated heterocycles. The number of phenols is 1. The zero-order valence-electron chi connectivity index (χ0n) is 26.3. The van der Waals surface area contributed by atoms with Crippen molar-refractivity contribution < 1.29 is 42.9 Å². The molecule has 7 rings (SSSR count). The van der Waals surface area contributed by atoms with Crippen LogP contribution in [0.4, 0.5) is 14.9 Å². The number of methoxy groups -OCH3 is 2. The molecule has 2 aliphatic carbocycles. The van der Waals surface area contributed by atoms with Gasteiger partial charge in [0, 0.05) is 15.4 Å². The molecule has 0 spiro atoms. The van der Waals surface area contributed by atoms with Crippen LogP contribution < -0.4 is 10.2 Å². The number of likely N-dealkylation sites (tertiary alicyclic amines) is 1. The van der Waals surface area contributed by atoms with Gasteiger partial charge in [0.05, 0.1) is 47.5 Å². The predicted octanol–water partition coefficient (Wildman–Crippen LogP) is 6.47. The Hall–Kier alpha value is -4.27. The van der Waals surface area contributed by atoms with Crippen LogP contribution in [0.15, 0.2) is 75.2 Å². The molecule has 0 radical (unpaired) electrons. The van der Waals surface area contributed by atoms with Crippen LogP contribution in [-0.4, -0.2) is 59.0 Å². The molecule has 0 aromatic heterocycles. The smallest absolute Gasteiger partial charge is 0.423 e. The highest BCUT2D eigenvalue weighted by Gasteiger charge is 2.71. The molecule has 4 aliphatic rings. The lowest BCUT2D eigenvalue weighted by atomic mass is 9.49. The maximum Gasteiger partial charge on any atom is 0.423 e. The van der Waals surface area contributed by atoms with Crippen LogP contribution in [0, 0.1) is 29.5 Å². The van der Waals surface area contributed by atoms with Crippen LogP contribution in [0.5, 0.6) is 11.5 Å². The second-order valence-corrected chi connectivity index (χ2v) is 14.5. The van der Waals surface area contributed by atoms with Crippen molar-refractivity contribution in [3.05, 3.63) is 97.2 Å². The van der Waals surface area contributed by atoms with Gasteiger partial charge in [-0.25, -0.2) is 9.18 Å². The topological polar surface area (TPSA) is 143 Å². The summed E-state index contributed by atoms with van der Waals surface area (Å²) in [6.45, 7) is 0. The van der Waals surface area contributed by atoms with Gasteiger partial charge in [0.2, 0.25) is 11.8 Å². The zero-order chi connectivity index (χ0) is 35.8. The molecule has 15 heteroatoms. The number of hydrogen-bond donors (Lipinski definition) is 2. The van der Waals surface area contributed by atoms with Crippen molar-refractivity contribution in [3.8, 4) is 11.5 Å². The van der Waals surface area contributed by atoms with E-state index in [0.29, 0.717) is 31.1 Å². The second kappa shape index (κ2) is 12.5. The highest BCUT2D eigenvalue weighted by Crippen LogP contribution is 2.65. The minimum absolute atomic E-state index is 0.0413. The first-order valence-corrected chi connectivity index (χ1v) is 17.4. The van der Waals surface area contributed by atoms with Crippen molar-refractivity contribution in [3.63, 3.8) is 0 Å². The molecule has 50 heavy (non-hydrogen) atoms. The summed E-state index contributed by atoms with van der Waals surface area (Å²) in [6.07, 6.45) is 0.736. The Bertz CT molecular complexity index is 2030. The molecule has 2 N–H and O–H groups in total. The largest absolute Gasteiger partial charge is 0.503 e. The number of carbonyl (C=O) groups excluding carboxylic acids is 5. The molecule has 3 aromatic carbocycles. The molecule has 3 fully saturated rings. The van der Waals surface area contributed by atoms with Crippen molar-refractivity contribution in [2.45, 2.75) is 24.2 Å². The van der Waals surface area contributed by atoms with Gasteiger partial charge in [-0.05, 0) is 104 Å². The molecular formula is C35H27Br2ClFN3O8. The average molecular weight is 832 g/mol. The normalized spacial score (nSPS) is 27.1. The number of fused-ring (bicyclic) bond motifs is 4. The Morgan fingerprint density at radius 2 is 1.66 bits per heavy atom. The number of aromatic hydroxyl groups is 1. The lowest BCUT2D eigenvalue weighted by Crippen LogP contribution is -2.53. The number of phenolic OH excluding ortho intramolecular Hbond substituents is 1. The predicted molar refractivity (Wildman–Crippen MR) is 183 cm³/mol. The zero-order valence-corrected chi connectivity index (χ0v) is 30.2. The fourth-order valence-corrected chi connectivity index (χ4v) is 9.33. The molecule has 6 atom stereocenters. The number of hydrazine groups is 1. The molecule has 2 heterocycles. The molecule has 0 bridgehead atoms. The lowest BCUT2D eigenvalue weighted by Gasteiger charge is -2.51. The number of ether oxygens (including phenoxy) is 2. The molecule has 2 aliphatic heterocycles. The lowest BCUT2D eigenvalue weighted by molar-refractivity contribution is -0.140. The Morgan fingerprint density at radius 1 is 0.980 bits per heavy atom. The quantitative estimate of drug-likeness (QED) is 0.219. The van der Waals surface area contributed by atoms with Crippen LogP contribution in [0.25, 0.3) is 0 Å². The third kappa shape index (κ3) is 4.82. The highest BCUT2D eigenvalue weighted by molar-refractivity contribution is 9.13. The molecule has 5 amide bonds. The number of halogens is 4. The molecule has 6 unspecified atom stereocenters. The van der Waals surface area contributed by atoms with Crippen LogP contribution in [0.1, 0.15) is 29.9 Å². The average Bonchev–Trinajstić information content (AvgIpc) is 3.49. The fraction of sp³-hybridized carbons (Fsp3) is 0.286. The van der Waals surface area contributed by atoms with Crippen LogP contribution >= 0.6 is 43.5 Å². The Kier molecular flexibility index (Phi) is 8.55. The fourth-order valence-electron chi connectivity index (χ4n) is 8.25. The van der Waals surface area contributed by atoms with E-state index in [2.05, 4.69) is 37.3 Å². The van der Waals surface area contributed by atoms with Gasteiger partial charge in [0.15, 0.2) is 11.5 Å². The summed E-state index contributed by atoms with van der Waals surface area (Å²) in [5.74, 6) is -8.20. The maximum atomic E-state index is 15.2. The monoisotopic (exact) mass is 829 g/mol. The summed E-state index contributed by atoms with van der Waals surface area (Å²) < 4.78 is 24.7. The number of amides is 5. The van der Waals surface area contributed by atoms with Gasteiger partial charge in [-0.3, -0.25) is 24.6 Å². The van der Waals surface area contributed by atoms with Crippen molar-refractivity contribution in [1.29, 1.82) is 0 Å². The Balaban J connectivity index is 1.50. The number of nitrogens with one attached hydrogen (secondary N) is 1. The van der Waals surface area contributed by atoms with Crippen LogP contribution in [-0.2, 0) is 29.3 Å². The highest BCUT2D eigenvalue weighted by atomic mass is 79.9. The van der Waals surface area contributed by atoms with Crippen molar-refractivity contribution in [1.82, 2.24) is 9.91 Å². The Morgan fingerprint density at radius 3 is 2.30 bits per heavy atom. The van der Waals surface area contributed by atoms with E-state index in [-0.39, 0.29) is 34.5 Å². The van der Waals surface area contributed by atoms with Gasteiger partial charge >= 0.3 is 6.09 Å². The number of benzene rings is 3. The summed E-state index contributed by atoms with van der Waals surface area (Å²) in [7, 11) is 2.44. The van der Waals surface area contributed by atoms with E-state index in [9.17, 15) is 28.7 Å². The molecule has 258 valence electrons. The van der Waals surface area contributed by atoms with Crippen molar-refractivity contribution in [2.24, 2.45) is 23.7 Å². The number of rotatable bonds is 5. The number of nitrogens with zero attached hydrogens (tertiary/aromatic N) is 2.